The van der Waals surface area contributed by atoms with Gasteiger partial charge in [-0.05, 0) is 49.2 Å². The summed E-state index contributed by atoms with van der Waals surface area (Å²) in [6, 6.07) is 17.1. The molecule has 0 aliphatic heterocycles. The summed E-state index contributed by atoms with van der Waals surface area (Å²) in [6.07, 6.45) is 1.96. The Hall–Kier alpha value is -3.39. The van der Waals surface area contributed by atoms with Gasteiger partial charge in [0.15, 0.2) is 0 Å². The van der Waals surface area contributed by atoms with Crippen molar-refractivity contribution < 1.29 is 17.9 Å². The Balaban J connectivity index is 1.92. The fourth-order valence-electron chi connectivity index (χ4n) is 3.09. The van der Waals surface area contributed by atoms with Gasteiger partial charge in [0.2, 0.25) is 0 Å². The van der Waals surface area contributed by atoms with Crippen LogP contribution in [-0.2, 0) is 10.0 Å². The van der Waals surface area contributed by atoms with Gasteiger partial charge < -0.3 is 10.1 Å². The van der Waals surface area contributed by atoms with E-state index in [1.165, 1.54) is 31.5 Å². The topological polar surface area (TPSA) is 97.4 Å². The molecular formula is C23H25N3O4S. The fraction of sp³-hybridized carbons (Fsp3) is 0.217. The highest BCUT2D eigenvalue weighted by Crippen LogP contribution is 2.26. The number of carbonyl (C=O) groups excluding carboxylic acids is 1. The van der Waals surface area contributed by atoms with Crippen LogP contribution in [0.4, 0.5) is 5.69 Å². The third-order valence-corrected chi connectivity index (χ3v) is 6.18. The van der Waals surface area contributed by atoms with E-state index in [4.69, 9.17) is 4.74 Å². The molecule has 0 saturated heterocycles. The number of ether oxygens (including phenoxy) is 1. The number of sulfonamides is 1. The first-order valence-corrected chi connectivity index (χ1v) is 11.3. The van der Waals surface area contributed by atoms with Gasteiger partial charge in [0, 0.05) is 11.9 Å². The molecule has 1 atom stereocenters. The molecule has 0 spiro atoms. The summed E-state index contributed by atoms with van der Waals surface area (Å²) in [5, 5.41) is 2.98. The second-order valence-corrected chi connectivity index (χ2v) is 8.68. The molecule has 0 saturated carbocycles. The van der Waals surface area contributed by atoms with Crippen molar-refractivity contribution in [3.05, 3.63) is 83.7 Å². The lowest BCUT2D eigenvalue weighted by molar-refractivity contribution is 0.0936. The van der Waals surface area contributed by atoms with Crippen molar-refractivity contribution in [3.8, 4) is 5.75 Å². The molecular weight excluding hydrogens is 414 g/mol. The molecule has 0 bridgehead atoms. The smallest absolute Gasteiger partial charge is 0.263 e. The van der Waals surface area contributed by atoms with Crippen molar-refractivity contribution in [2.75, 3.05) is 11.8 Å². The molecule has 162 valence electrons. The molecule has 0 aliphatic rings. The third kappa shape index (κ3) is 5.40. The van der Waals surface area contributed by atoms with E-state index >= 15 is 0 Å². The number of hydrogen-bond donors (Lipinski definition) is 2. The summed E-state index contributed by atoms with van der Waals surface area (Å²) in [5.74, 6) is 0.0344. The normalized spacial score (nSPS) is 12.1. The first kappa shape index (κ1) is 22.3. The monoisotopic (exact) mass is 439 g/mol. The summed E-state index contributed by atoms with van der Waals surface area (Å²) in [4.78, 5) is 17.2. The van der Waals surface area contributed by atoms with Gasteiger partial charge in [0.05, 0.1) is 24.4 Å². The Labute approximate surface area is 182 Å². The predicted octanol–water partition coefficient (Wildman–Crippen LogP) is 4.08. The minimum absolute atomic E-state index is 0.0102. The van der Waals surface area contributed by atoms with Crippen molar-refractivity contribution in [2.24, 2.45) is 0 Å². The van der Waals surface area contributed by atoms with Crippen LogP contribution >= 0.6 is 0 Å². The number of aryl methyl sites for hydroxylation is 1. The zero-order chi connectivity index (χ0) is 22.4. The Kier molecular flexibility index (Phi) is 6.91. The quantitative estimate of drug-likeness (QED) is 0.551. The Bertz CT molecular complexity index is 1150. The van der Waals surface area contributed by atoms with Crippen LogP contribution in [0.15, 0.2) is 71.8 Å². The van der Waals surface area contributed by atoms with Gasteiger partial charge in [-0.15, -0.1) is 0 Å². The Morgan fingerprint density at radius 1 is 1.10 bits per heavy atom. The zero-order valence-corrected chi connectivity index (χ0v) is 18.4. The molecule has 8 heteroatoms. The lowest BCUT2D eigenvalue weighted by atomic mass is 10.0. The molecule has 1 heterocycles. The van der Waals surface area contributed by atoms with Gasteiger partial charge in [-0.1, -0.05) is 37.3 Å². The van der Waals surface area contributed by atoms with Crippen LogP contribution < -0.4 is 14.8 Å². The van der Waals surface area contributed by atoms with Crippen LogP contribution in [0.1, 0.15) is 41.0 Å². The highest BCUT2D eigenvalue weighted by molar-refractivity contribution is 7.92. The Morgan fingerprint density at radius 2 is 1.84 bits per heavy atom. The maximum atomic E-state index is 13.1. The van der Waals surface area contributed by atoms with E-state index in [9.17, 15) is 13.2 Å². The molecule has 2 N–H and O–H groups in total. The van der Waals surface area contributed by atoms with E-state index in [1.807, 2.05) is 37.3 Å². The van der Waals surface area contributed by atoms with Crippen molar-refractivity contribution in [1.29, 1.82) is 0 Å². The zero-order valence-electron chi connectivity index (χ0n) is 17.6. The van der Waals surface area contributed by atoms with Crippen LogP contribution in [0.3, 0.4) is 0 Å². The highest BCUT2D eigenvalue weighted by Gasteiger charge is 2.22. The summed E-state index contributed by atoms with van der Waals surface area (Å²) >= 11 is 0. The average molecular weight is 440 g/mol. The Morgan fingerprint density at radius 3 is 2.45 bits per heavy atom. The lowest BCUT2D eigenvalue weighted by Gasteiger charge is -2.19. The molecule has 0 radical (unpaired) electrons. The van der Waals surface area contributed by atoms with Crippen molar-refractivity contribution >= 4 is 21.6 Å². The van der Waals surface area contributed by atoms with Crippen LogP contribution in [0.25, 0.3) is 0 Å². The number of amides is 1. The van der Waals surface area contributed by atoms with Crippen LogP contribution in [0.2, 0.25) is 0 Å². The van der Waals surface area contributed by atoms with Gasteiger partial charge in [-0.3, -0.25) is 14.5 Å². The van der Waals surface area contributed by atoms with Gasteiger partial charge in [0.25, 0.3) is 15.9 Å². The summed E-state index contributed by atoms with van der Waals surface area (Å²) in [6.45, 7) is 3.74. The van der Waals surface area contributed by atoms with Crippen molar-refractivity contribution in [2.45, 2.75) is 31.2 Å². The molecule has 3 rings (SSSR count). The number of nitrogens with zero attached hydrogens (tertiary/aromatic N) is 1. The van der Waals surface area contributed by atoms with Gasteiger partial charge in [0.1, 0.15) is 10.6 Å². The summed E-state index contributed by atoms with van der Waals surface area (Å²) < 4.78 is 33.4. The summed E-state index contributed by atoms with van der Waals surface area (Å²) in [7, 11) is -2.44. The molecule has 2 aromatic carbocycles. The molecule has 1 aromatic heterocycles. The first-order chi connectivity index (χ1) is 14.8. The minimum atomic E-state index is -3.93. The van der Waals surface area contributed by atoms with Crippen LogP contribution in [0, 0.1) is 6.92 Å². The molecule has 3 aromatic rings. The molecule has 0 unspecified atom stereocenters. The second kappa shape index (κ2) is 9.61. The molecule has 1 amide bonds. The molecule has 0 aliphatic carbocycles. The number of pyridine rings is 1. The predicted molar refractivity (Wildman–Crippen MR) is 120 cm³/mol. The van der Waals surface area contributed by atoms with E-state index in [1.54, 1.807) is 19.1 Å². The van der Waals surface area contributed by atoms with Crippen molar-refractivity contribution in [3.63, 3.8) is 0 Å². The SMILES string of the molecule is CC[C@H](NC(=O)c1cc(OC)ccc1NS(=O)(=O)c1ccc(C)nc1)c1ccccc1. The average Bonchev–Trinajstić information content (AvgIpc) is 2.78. The summed E-state index contributed by atoms with van der Waals surface area (Å²) in [5.41, 5.74) is 1.99. The number of aromatic nitrogens is 1. The van der Waals surface area contributed by atoms with Gasteiger partial charge in [-0.25, -0.2) is 8.42 Å². The number of rotatable bonds is 8. The number of anilines is 1. The highest BCUT2D eigenvalue weighted by atomic mass is 32.2. The van der Waals surface area contributed by atoms with Crippen molar-refractivity contribution in [1.82, 2.24) is 10.3 Å². The third-order valence-electron chi connectivity index (χ3n) is 4.83. The number of nitrogens with one attached hydrogen (secondary N) is 2. The van der Waals surface area contributed by atoms with Crippen LogP contribution in [-0.4, -0.2) is 26.4 Å². The first-order valence-electron chi connectivity index (χ1n) is 9.83. The number of carbonyl (C=O) groups is 1. The van der Waals surface area contributed by atoms with E-state index in [-0.39, 0.29) is 22.2 Å². The van der Waals surface area contributed by atoms with E-state index in [0.717, 1.165) is 5.56 Å². The fourth-order valence-corrected chi connectivity index (χ4v) is 4.11. The number of benzene rings is 2. The largest absolute Gasteiger partial charge is 0.497 e. The maximum absolute atomic E-state index is 13.1. The molecule has 0 fully saturated rings. The number of methoxy groups -OCH3 is 1. The number of hydrogen-bond acceptors (Lipinski definition) is 5. The minimum Gasteiger partial charge on any atom is -0.497 e. The van der Waals surface area contributed by atoms with Gasteiger partial charge in [-0.2, -0.15) is 0 Å². The maximum Gasteiger partial charge on any atom is 0.263 e. The van der Waals surface area contributed by atoms with Crippen LogP contribution in [0.5, 0.6) is 5.75 Å². The van der Waals surface area contributed by atoms with E-state index in [0.29, 0.717) is 17.9 Å². The lowest BCUT2D eigenvalue weighted by Crippen LogP contribution is -2.29. The standard InChI is InChI=1S/C23H25N3O4S/c1-4-21(17-8-6-5-7-9-17)25-23(27)20-14-18(30-3)11-13-22(20)26-31(28,29)19-12-10-16(2)24-15-19/h5-15,21,26H,4H2,1-3H3,(H,25,27)/t21-/m0/s1. The molecule has 31 heavy (non-hydrogen) atoms. The van der Waals surface area contributed by atoms with Gasteiger partial charge >= 0.3 is 0 Å². The van der Waals surface area contributed by atoms with E-state index < -0.39 is 15.9 Å². The van der Waals surface area contributed by atoms with E-state index in [2.05, 4.69) is 15.0 Å². The molecule has 7 nitrogen and oxygen atoms in total. The second-order valence-electron chi connectivity index (χ2n) is 7.00.